The summed E-state index contributed by atoms with van der Waals surface area (Å²) in [6.45, 7) is 3.76. The van der Waals surface area contributed by atoms with E-state index in [9.17, 15) is 9.59 Å². The zero-order valence-electron chi connectivity index (χ0n) is 16.8. The number of nitrogens with zero attached hydrogens (tertiary/aromatic N) is 2. The Morgan fingerprint density at radius 1 is 1.10 bits per heavy atom. The maximum atomic E-state index is 12.5. The Hall–Kier alpha value is -3.87. The SMILES string of the molecule is Cc1ccc2c(CC(=O)Nc3cccc(NC(=O)C(C)n4cccn4)c3)coc2c1. The first-order valence-electron chi connectivity index (χ1n) is 9.66. The number of amides is 2. The molecule has 30 heavy (non-hydrogen) atoms. The van der Waals surface area contributed by atoms with Crippen LogP contribution >= 0.6 is 0 Å². The van der Waals surface area contributed by atoms with Crippen LogP contribution in [-0.4, -0.2) is 21.6 Å². The van der Waals surface area contributed by atoms with Crippen molar-refractivity contribution >= 4 is 34.2 Å². The van der Waals surface area contributed by atoms with Gasteiger partial charge in [-0.1, -0.05) is 18.2 Å². The summed E-state index contributed by atoms with van der Waals surface area (Å²) in [5.41, 5.74) is 3.91. The number of aryl methyl sites for hydroxylation is 1. The number of benzene rings is 2. The highest BCUT2D eigenvalue weighted by atomic mass is 16.3. The average Bonchev–Trinajstić information content (AvgIpc) is 3.38. The Kier molecular flexibility index (Phi) is 5.34. The minimum Gasteiger partial charge on any atom is -0.464 e. The fourth-order valence-electron chi connectivity index (χ4n) is 3.26. The fourth-order valence-corrected chi connectivity index (χ4v) is 3.26. The summed E-state index contributed by atoms with van der Waals surface area (Å²) in [6.07, 6.45) is 5.19. The second-order valence-electron chi connectivity index (χ2n) is 7.22. The van der Waals surface area contributed by atoms with Crippen LogP contribution in [0.5, 0.6) is 0 Å². The van der Waals surface area contributed by atoms with Crippen LogP contribution in [0.1, 0.15) is 24.1 Å². The number of fused-ring (bicyclic) bond motifs is 1. The zero-order chi connectivity index (χ0) is 21.1. The molecule has 2 aromatic heterocycles. The Morgan fingerprint density at radius 2 is 1.90 bits per heavy atom. The summed E-state index contributed by atoms with van der Waals surface area (Å²) in [7, 11) is 0. The lowest BCUT2D eigenvalue weighted by molar-refractivity contribution is -0.119. The molecule has 1 unspecified atom stereocenters. The topological polar surface area (TPSA) is 89.2 Å². The smallest absolute Gasteiger partial charge is 0.248 e. The van der Waals surface area contributed by atoms with Gasteiger partial charge in [-0.05, 0) is 49.7 Å². The van der Waals surface area contributed by atoms with E-state index in [0.29, 0.717) is 11.4 Å². The van der Waals surface area contributed by atoms with Gasteiger partial charge in [0.25, 0.3) is 0 Å². The number of hydrogen-bond donors (Lipinski definition) is 2. The van der Waals surface area contributed by atoms with Crippen molar-refractivity contribution in [1.29, 1.82) is 0 Å². The van der Waals surface area contributed by atoms with Crippen LogP contribution in [0, 0.1) is 6.92 Å². The van der Waals surface area contributed by atoms with E-state index in [0.717, 1.165) is 22.1 Å². The molecule has 0 fully saturated rings. The van der Waals surface area contributed by atoms with E-state index in [2.05, 4.69) is 15.7 Å². The van der Waals surface area contributed by atoms with E-state index in [1.165, 1.54) is 0 Å². The van der Waals surface area contributed by atoms with Crippen LogP contribution < -0.4 is 10.6 Å². The quantitative estimate of drug-likeness (QED) is 0.503. The monoisotopic (exact) mass is 402 g/mol. The molecule has 0 saturated heterocycles. The highest BCUT2D eigenvalue weighted by Crippen LogP contribution is 2.23. The Morgan fingerprint density at radius 3 is 2.67 bits per heavy atom. The maximum absolute atomic E-state index is 12.5. The molecule has 2 aromatic carbocycles. The van der Waals surface area contributed by atoms with Gasteiger partial charge in [-0.3, -0.25) is 14.3 Å². The van der Waals surface area contributed by atoms with Crippen molar-refractivity contribution in [3.63, 3.8) is 0 Å². The molecule has 7 heteroatoms. The van der Waals surface area contributed by atoms with E-state index in [1.54, 1.807) is 60.6 Å². The summed E-state index contributed by atoms with van der Waals surface area (Å²) in [6, 6.07) is 14.3. The first-order valence-corrected chi connectivity index (χ1v) is 9.66. The molecule has 0 aliphatic rings. The molecule has 0 aliphatic heterocycles. The third-order valence-electron chi connectivity index (χ3n) is 4.88. The Labute approximate surface area is 173 Å². The van der Waals surface area contributed by atoms with Crippen molar-refractivity contribution in [2.45, 2.75) is 26.3 Å². The largest absolute Gasteiger partial charge is 0.464 e. The van der Waals surface area contributed by atoms with E-state index in [1.807, 2.05) is 25.1 Å². The second kappa shape index (κ2) is 8.24. The fraction of sp³-hybridized carbons (Fsp3) is 0.174. The molecule has 152 valence electrons. The molecule has 2 amide bonds. The number of rotatable bonds is 6. The predicted molar refractivity (Wildman–Crippen MR) is 115 cm³/mol. The van der Waals surface area contributed by atoms with Gasteiger partial charge in [-0.2, -0.15) is 5.10 Å². The van der Waals surface area contributed by atoms with Gasteiger partial charge < -0.3 is 15.1 Å². The molecule has 0 saturated carbocycles. The van der Waals surface area contributed by atoms with Crippen LogP contribution in [0.15, 0.2) is 71.6 Å². The van der Waals surface area contributed by atoms with Gasteiger partial charge in [0.1, 0.15) is 11.6 Å². The Bertz CT molecular complexity index is 1190. The lowest BCUT2D eigenvalue weighted by Gasteiger charge is -2.13. The molecule has 4 rings (SSSR count). The van der Waals surface area contributed by atoms with Gasteiger partial charge in [-0.15, -0.1) is 0 Å². The summed E-state index contributed by atoms with van der Waals surface area (Å²) in [5, 5.41) is 10.8. The van der Waals surface area contributed by atoms with Crippen LogP contribution in [0.25, 0.3) is 11.0 Å². The van der Waals surface area contributed by atoms with Gasteiger partial charge in [0.2, 0.25) is 11.8 Å². The van der Waals surface area contributed by atoms with E-state index in [-0.39, 0.29) is 18.2 Å². The van der Waals surface area contributed by atoms with Crippen LogP contribution in [0.4, 0.5) is 11.4 Å². The number of anilines is 2. The third-order valence-corrected chi connectivity index (χ3v) is 4.88. The highest BCUT2D eigenvalue weighted by molar-refractivity contribution is 5.97. The van der Waals surface area contributed by atoms with Gasteiger partial charge >= 0.3 is 0 Å². The first-order chi connectivity index (χ1) is 14.5. The average molecular weight is 402 g/mol. The molecule has 0 bridgehead atoms. The lowest BCUT2D eigenvalue weighted by atomic mass is 10.1. The Balaban J connectivity index is 1.41. The molecule has 0 radical (unpaired) electrons. The van der Waals surface area contributed by atoms with Crippen LogP contribution in [0.3, 0.4) is 0 Å². The molecule has 1 atom stereocenters. The van der Waals surface area contributed by atoms with Crippen molar-refractivity contribution in [2.24, 2.45) is 0 Å². The molecular formula is C23H22N4O3. The van der Waals surface area contributed by atoms with E-state index >= 15 is 0 Å². The van der Waals surface area contributed by atoms with Gasteiger partial charge in [-0.25, -0.2) is 0 Å². The van der Waals surface area contributed by atoms with Crippen LogP contribution in [-0.2, 0) is 16.0 Å². The maximum Gasteiger partial charge on any atom is 0.248 e. The minimum atomic E-state index is -0.448. The van der Waals surface area contributed by atoms with Crippen molar-refractivity contribution in [1.82, 2.24) is 9.78 Å². The summed E-state index contributed by atoms with van der Waals surface area (Å²) in [4.78, 5) is 25.0. The highest BCUT2D eigenvalue weighted by Gasteiger charge is 2.15. The van der Waals surface area contributed by atoms with E-state index < -0.39 is 6.04 Å². The predicted octanol–water partition coefficient (Wildman–Crippen LogP) is 4.32. The van der Waals surface area contributed by atoms with Gasteiger partial charge in [0.05, 0.1) is 12.7 Å². The van der Waals surface area contributed by atoms with Gasteiger partial charge in [0.15, 0.2) is 0 Å². The molecule has 0 aliphatic carbocycles. The normalized spacial score (nSPS) is 11.9. The van der Waals surface area contributed by atoms with E-state index in [4.69, 9.17) is 4.42 Å². The number of nitrogens with one attached hydrogen (secondary N) is 2. The zero-order valence-corrected chi connectivity index (χ0v) is 16.8. The lowest BCUT2D eigenvalue weighted by Crippen LogP contribution is -2.24. The van der Waals surface area contributed by atoms with Crippen molar-refractivity contribution in [3.05, 3.63) is 78.3 Å². The summed E-state index contributed by atoms with van der Waals surface area (Å²) >= 11 is 0. The molecule has 7 nitrogen and oxygen atoms in total. The molecule has 4 aromatic rings. The first kappa shape index (κ1) is 19.4. The van der Waals surface area contributed by atoms with Crippen molar-refractivity contribution in [3.8, 4) is 0 Å². The molecular weight excluding hydrogens is 380 g/mol. The number of aromatic nitrogens is 2. The van der Waals surface area contributed by atoms with Crippen LogP contribution in [0.2, 0.25) is 0 Å². The third kappa shape index (κ3) is 4.25. The van der Waals surface area contributed by atoms with Gasteiger partial charge in [0, 0.05) is 34.7 Å². The summed E-state index contributed by atoms with van der Waals surface area (Å²) < 4.78 is 7.14. The van der Waals surface area contributed by atoms with Crippen molar-refractivity contribution in [2.75, 3.05) is 10.6 Å². The number of furan rings is 1. The number of hydrogen-bond acceptors (Lipinski definition) is 4. The molecule has 2 N–H and O–H groups in total. The number of carbonyl (C=O) groups excluding carboxylic acids is 2. The molecule has 2 heterocycles. The molecule has 0 spiro atoms. The number of carbonyl (C=O) groups is 2. The summed E-state index contributed by atoms with van der Waals surface area (Å²) in [5.74, 6) is -0.353. The van der Waals surface area contributed by atoms with Crippen molar-refractivity contribution < 1.29 is 14.0 Å². The minimum absolute atomic E-state index is 0.160. The standard InChI is InChI=1S/C23H22N4O3/c1-15-7-8-20-17(14-30-21(20)11-15)12-22(28)25-18-5-3-6-19(13-18)26-23(29)16(2)27-10-4-9-24-27/h3-11,13-14,16H,12H2,1-2H3,(H,25,28)(H,26,29). The second-order valence-corrected chi connectivity index (χ2v) is 7.22.